The molecule has 0 fully saturated rings. The number of ether oxygens (including phenoxy) is 1. The van der Waals surface area contributed by atoms with Gasteiger partial charge in [-0.3, -0.25) is 4.79 Å². The first-order chi connectivity index (χ1) is 21.0. The van der Waals surface area contributed by atoms with Gasteiger partial charge >= 0.3 is 8.80 Å². The van der Waals surface area contributed by atoms with Crippen LogP contribution in [-0.2, 0) is 13.3 Å². The van der Waals surface area contributed by atoms with Crippen molar-refractivity contribution in [2.45, 2.75) is 39.3 Å². The zero-order chi connectivity index (χ0) is 32.2. The molecular weight excluding hydrogens is 852 g/mol. The Labute approximate surface area is 289 Å². The average Bonchev–Trinajstić information content (AvgIpc) is 2.98. The third-order valence-electron chi connectivity index (χ3n) is 6.72. The van der Waals surface area contributed by atoms with Gasteiger partial charge in [-0.25, -0.2) is 0 Å². The van der Waals surface area contributed by atoms with Gasteiger partial charge in [0.05, 0.1) is 21.0 Å². The van der Waals surface area contributed by atoms with Gasteiger partial charge in [-0.1, -0.05) is 24.3 Å². The fourth-order valence-electron chi connectivity index (χ4n) is 4.90. The fourth-order valence-corrected chi connectivity index (χ4v) is 10.2. The number of carbonyl (C=O) groups excluding carboxylic acids is 1. The number of carbonyl (C=O) groups is 1. The maximum absolute atomic E-state index is 12.8. The Hall–Kier alpha value is -1.62. The van der Waals surface area contributed by atoms with Gasteiger partial charge in [0, 0.05) is 47.9 Å². The molecule has 44 heavy (non-hydrogen) atoms. The lowest BCUT2D eigenvalue weighted by Gasteiger charge is -2.29. The van der Waals surface area contributed by atoms with Crippen LogP contribution >= 0.6 is 63.7 Å². The summed E-state index contributed by atoms with van der Waals surface area (Å²) < 4.78 is 31.4. The monoisotopic (exact) mass is 877 g/mol. The van der Waals surface area contributed by atoms with Crippen LogP contribution in [0, 0.1) is 0 Å². The van der Waals surface area contributed by atoms with Crippen LogP contribution in [0.1, 0.15) is 37.6 Å². The lowest BCUT2D eigenvalue weighted by atomic mass is 9.91. The first kappa shape index (κ1) is 35.2. The highest BCUT2D eigenvalue weighted by Crippen LogP contribution is 2.49. The number of aliphatic hydroxyl groups excluding tert-OH is 1. The molecule has 1 aliphatic carbocycles. The predicted molar refractivity (Wildman–Crippen MR) is 181 cm³/mol. The molecule has 1 N–H and O–H groups in total. The molecule has 2 aromatic rings. The van der Waals surface area contributed by atoms with E-state index < -0.39 is 20.9 Å². The van der Waals surface area contributed by atoms with Crippen molar-refractivity contribution in [1.82, 2.24) is 0 Å². The van der Waals surface area contributed by atoms with Crippen LogP contribution in [0.2, 0.25) is 6.04 Å². The second kappa shape index (κ2) is 15.3. The van der Waals surface area contributed by atoms with Crippen LogP contribution in [0.3, 0.4) is 0 Å². The SMILES string of the molecule is CCO[Si](CCC(O)COc1c(Br)cc2c(-c3ccccc3C(=O)[O-])c3cc(Br)c(=O)c(Br)c-3oc2c1Br)(OCC)OCC. The van der Waals surface area contributed by atoms with Crippen molar-refractivity contribution >= 4 is 89.5 Å². The standard InChI is InChI=1S/C30H30Br4O9Si/c1-4-40-44(41-5-2,42-6-3)12-11-16(35)15-39-29-22(32)14-20-23(17-9-7-8-10-18(17)30(37)38)19-13-21(31)26(36)24(33)27(19)43-28(20)25(29)34/h7-10,13-14,16,35H,4-6,11-12,15H2,1-3H3,(H,37,38)/p-1. The fraction of sp³-hybridized carbons (Fsp3) is 0.333. The molecule has 2 aromatic carbocycles. The minimum absolute atomic E-state index is 0.0266. The smallest absolute Gasteiger partial charge is 0.501 e. The topological polar surface area (TPSA) is 127 Å². The highest BCUT2D eigenvalue weighted by molar-refractivity contribution is 9.11. The molecule has 0 saturated heterocycles. The molecule has 0 saturated carbocycles. The molecule has 1 atom stereocenters. The number of carboxylic acids is 1. The number of fused-ring (bicyclic) bond motifs is 2. The van der Waals surface area contributed by atoms with E-state index >= 15 is 0 Å². The number of aliphatic hydroxyl groups is 1. The van der Waals surface area contributed by atoms with E-state index in [4.69, 9.17) is 22.4 Å². The Kier molecular flexibility index (Phi) is 12.3. The Morgan fingerprint density at radius 1 is 0.955 bits per heavy atom. The summed E-state index contributed by atoms with van der Waals surface area (Å²) in [5, 5.41) is 23.5. The van der Waals surface area contributed by atoms with Crippen molar-refractivity contribution < 1.29 is 37.4 Å². The third kappa shape index (κ3) is 7.34. The molecule has 4 rings (SSSR count). The molecule has 0 bridgehead atoms. The zero-order valence-corrected chi connectivity index (χ0v) is 31.4. The number of carboxylic acid groups (broad SMARTS) is 1. The van der Waals surface area contributed by atoms with Gasteiger partial charge in [-0.05, 0) is 109 Å². The molecule has 0 radical (unpaired) electrons. The van der Waals surface area contributed by atoms with Crippen molar-refractivity contribution in [2.24, 2.45) is 0 Å². The number of benzene rings is 3. The van der Waals surface area contributed by atoms with Crippen molar-refractivity contribution in [3.8, 4) is 28.2 Å². The first-order valence-electron chi connectivity index (χ1n) is 13.8. The Morgan fingerprint density at radius 3 is 2.20 bits per heavy atom. The second-order valence-electron chi connectivity index (χ2n) is 9.55. The summed E-state index contributed by atoms with van der Waals surface area (Å²) in [6, 6.07) is 10.2. The van der Waals surface area contributed by atoms with Gasteiger partial charge in [0.2, 0.25) is 5.43 Å². The molecule has 236 valence electrons. The van der Waals surface area contributed by atoms with Crippen LogP contribution in [0.25, 0.3) is 33.4 Å². The molecule has 9 nitrogen and oxygen atoms in total. The summed E-state index contributed by atoms with van der Waals surface area (Å²) in [6.07, 6.45) is -0.547. The van der Waals surface area contributed by atoms with Crippen LogP contribution in [-0.4, -0.2) is 52.4 Å². The van der Waals surface area contributed by atoms with Crippen LogP contribution in [0.4, 0.5) is 0 Å². The van der Waals surface area contributed by atoms with Gasteiger partial charge in [-0.2, -0.15) is 0 Å². The molecule has 14 heteroatoms. The normalized spacial score (nSPS) is 12.6. The van der Waals surface area contributed by atoms with E-state index in [0.717, 1.165) is 0 Å². The number of rotatable bonds is 14. The zero-order valence-electron chi connectivity index (χ0n) is 24.0. The van der Waals surface area contributed by atoms with E-state index in [2.05, 4.69) is 63.7 Å². The lowest BCUT2D eigenvalue weighted by molar-refractivity contribution is -0.254. The van der Waals surface area contributed by atoms with Gasteiger partial charge in [0.25, 0.3) is 0 Å². The summed E-state index contributed by atoms with van der Waals surface area (Å²) in [6.45, 7) is 6.87. The number of hydrogen-bond acceptors (Lipinski definition) is 9. The Bertz CT molecular complexity index is 1680. The van der Waals surface area contributed by atoms with Crippen molar-refractivity contribution in [3.63, 3.8) is 0 Å². The quantitative estimate of drug-likeness (QED) is 0.104. The third-order valence-corrected chi connectivity index (χ3v) is 12.4. The Morgan fingerprint density at radius 2 is 1.59 bits per heavy atom. The molecule has 2 aliphatic rings. The summed E-state index contributed by atoms with van der Waals surface area (Å²) in [7, 11) is -2.94. The van der Waals surface area contributed by atoms with E-state index in [1.807, 2.05) is 20.8 Å². The largest absolute Gasteiger partial charge is 0.545 e. The summed E-state index contributed by atoms with van der Waals surface area (Å²) >= 11 is 13.9. The van der Waals surface area contributed by atoms with E-state index in [0.29, 0.717) is 74.6 Å². The summed E-state index contributed by atoms with van der Waals surface area (Å²) in [5.74, 6) is -0.789. The van der Waals surface area contributed by atoms with Gasteiger partial charge in [0.15, 0.2) is 17.1 Å². The van der Waals surface area contributed by atoms with E-state index in [9.17, 15) is 19.8 Å². The number of halogens is 4. The second-order valence-corrected chi connectivity index (χ2v) is 15.6. The summed E-state index contributed by atoms with van der Waals surface area (Å²) in [5.41, 5.74) is 1.33. The lowest BCUT2D eigenvalue weighted by Crippen LogP contribution is -2.46. The van der Waals surface area contributed by atoms with Crippen molar-refractivity contribution in [3.05, 3.63) is 70.1 Å². The number of hydrogen-bond donors (Lipinski definition) is 1. The van der Waals surface area contributed by atoms with Crippen LogP contribution in [0.5, 0.6) is 5.75 Å². The van der Waals surface area contributed by atoms with Gasteiger partial charge < -0.3 is 37.4 Å². The first-order valence-corrected chi connectivity index (χ1v) is 18.9. The molecule has 0 spiro atoms. The number of aromatic carboxylic acids is 1. The minimum Gasteiger partial charge on any atom is -0.545 e. The minimum atomic E-state index is -2.94. The van der Waals surface area contributed by atoms with Crippen LogP contribution in [0.15, 0.2) is 63.5 Å². The maximum atomic E-state index is 12.8. The van der Waals surface area contributed by atoms with E-state index in [1.165, 1.54) is 6.07 Å². The molecule has 1 heterocycles. The average molecular weight is 881 g/mol. The molecule has 0 amide bonds. The summed E-state index contributed by atoms with van der Waals surface area (Å²) in [4.78, 5) is 25.0. The highest BCUT2D eigenvalue weighted by Gasteiger charge is 2.40. The molecule has 1 unspecified atom stereocenters. The molecule has 1 aliphatic heterocycles. The van der Waals surface area contributed by atoms with E-state index in [-0.39, 0.29) is 32.3 Å². The highest BCUT2D eigenvalue weighted by atomic mass is 79.9. The van der Waals surface area contributed by atoms with Crippen molar-refractivity contribution in [1.29, 1.82) is 0 Å². The Balaban J connectivity index is 1.79. The molecular formula is C30H29Br4O9Si-. The predicted octanol–water partition coefficient (Wildman–Crippen LogP) is 7.16. The molecule has 0 aromatic heterocycles. The van der Waals surface area contributed by atoms with Crippen molar-refractivity contribution in [2.75, 3.05) is 26.4 Å². The van der Waals surface area contributed by atoms with E-state index in [1.54, 1.807) is 30.3 Å². The van der Waals surface area contributed by atoms with Crippen LogP contribution < -0.4 is 15.3 Å². The van der Waals surface area contributed by atoms with Gasteiger partial charge in [-0.15, -0.1) is 0 Å². The van der Waals surface area contributed by atoms with Gasteiger partial charge in [0.1, 0.15) is 15.6 Å². The maximum Gasteiger partial charge on any atom is 0.501 e.